The fourth-order valence-corrected chi connectivity index (χ4v) is 9.00. The first-order valence-electron chi connectivity index (χ1n) is 11.6. The lowest BCUT2D eigenvalue weighted by atomic mass is 9.42. The van der Waals surface area contributed by atoms with Gasteiger partial charge in [0, 0.05) is 11.8 Å². The second-order valence-corrected chi connectivity index (χ2v) is 10.8. The molecule has 5 aliphatic carbocycles. The maximum Gasteiger partial charge on any atom is 0.139 e. The van der Waals surface area contributed by atoms with Gasteiger partial charge >= 0.3 is 0 Å². The van der Waals surface area contributed by atoms with E-state index in [1.807, 2.05) is 0 Å². The molecule has 25 heavy (non-hydrogen) atoms. The number of ketones is 1. The normalized spacial score (nSPS) is 52.9. The van der Waals surface area contributed by atoms with Crippen molar-refractivity contribution in [3.05, 3.63) is 0 Å². The van der Waals surface area contributed by atoms with Gasteiger partial charge in [-0.2, -0.15) is 0 Å². The van der Waals surface area contributed by atoms with E-state index in [0.717, 1.165) is 53.8 Å². The molecule has 0 aromatic heterocycles. The second kappa shape index (κ2) is 5.83. The Morgan fingerprint density at radius 2 is 1.68 bits per heavy atom. The fraction of sp³-hybridized carbons (Fsp3) is 0.958. The van der Waals surface area contributed by atoms with E-state index in [1.165, 1.54) is 70.6 Å². The Morgan fingerprint density at radius 3 is 2.44 bits per heavy atom. The van der Waals surface area contributed by atoms with Crippen LogP contribution in [0.1, 0.15) is 97.3 Å². The summed E-state index contributed by atoms with van der Waals surface area (Å²) in [6.07, 6.45) is 17.7. The quantitative estimate of drug-likeness (QED) is 0.567. The lowest BCUT2D eigenvalue weighted by Gasteiger charge is -2.62. The highest BCUT2D eigenvalue weighted by Gasteiger charge is 2.62. The highest BCUT2D eigenvalue weighted by Crippen LogP contribution is 2.69. The molecule has 3 unspecified atom stereocenters. The van der Waals surface area contributed by atoms with Crippen LogP contribution in [0.2, 0.25) is 0 Å². The minimum absolute atomic E-state index is 0.0982. The van der Waals surface area contributed by atoms with Crippen LogP contribution in [0, 0.1) is 46.3 Å². The zero-order chi connectivity index (χ0) is 17.2. The van der Waals surface area contributed by atoms with Gasteiger partial charge in [0.25, 0.3) is 0 Å². The summed E-state index contributed by atoms with van der Waals surface area (Å²) in [4.78, 5) is 13.0. The van der Waals surface area contributed by atoms with E-state index in [0.29, 0.717) is 5.78 Å². The number of carbonyl (C=O) groups excluding carboxylic acids is 1. The van der Waals surface area contributed by atoms with Gasteiger partial charge in [0.2, 0.25) is 0 Å². The SMILES string of the molecule is CC[C@]12CCC3C4CC[C@H](C)C[C@@]4(C4CC4)CC[C@H]3C1CCCC2=O. The van der Waals surface area contributed by atoms with Crippen molar-refractivity contribution in [3.8, 4) is 0 Å². The molecule has 5 aliphatic rings. The minimum atomic E-state index is 0.0982. The van der Waals surface area contributed by atoms with Gasteiger partial charge in [-0.3, -0.25) is 4.79 Å². The summed E-state index contributed by atoms with van der Waals surface area (Å²) in [5, 5.41) is 0. The van der Waals surface area contributed by atoms with Crippen LogP contribution in [0.25, 0.3) is 0 Å². The molecule has 5 fully saturated rings. The van der Waals surface area contributed by atoms with Gasteiger partial charge in [-0.15, -0.1) is 0 Å². The molecule has 0 saturated heterocycles. The lowest BCUT2D eigenvalue weighted by Crippen LogP contribution is -2.56. The lowest BCUT2D eigenvalue weighted by molar-refractivity contribution is -0.158. The fourth-order valence-electron chi connectivity index (χ4n) is 9.00. The van der Waals surface area contributed by atoms with Crippen molar-refractivity contribution in [1.82, 2.24) is 0 Å². The average Bonchev–Trinajstić information content (AvgIpc) is 3.46. The molecule has 5 saturated carbocycles. The predicted molar refractivity (Wildman–Crippen MR) is 102 cm³/mol. The van der Waals surface area contributed by atoms with Crippen molar-refractivity contribution in [2.24, 2.45) is 46.3 Å². The maximum absolute atomic E-state index is 13.0. The maximum atomic E-state index is 13.0. The molecule has 0 radical (unpaired) electrons. The molecular formula is C24H38O. The Hall–Kier alpha value is -0.330. The summed E-state index contributed by atoms with van der Waals surface area (Å²) in [5.74, 6) is 6.31. The molecule has 0 aromatic carbocycles. The summed E-state index contributed by atoms with van der Waals surface area (Å²) in [5.41, 5.74) is 0.824. The molecule has 0 amide bonds. The number of fused-ring (bicyclic) bond motifs is 5. The summed E-state index contributed by atoms with van der Waals surface area (Å²) in [7, 11) is 0. The van der Waals surface area contributed by atoms with Gasteiger partial charge in [-0.25, -0.2) is 0 Å². The summed E-state index contributed by atoms with van der Waals surface area (Å²) < 4.78 is 0. The van der Waals surface area contributed by atoms with Gasteiger partial charge < -0.3 is 0 Å². The van der Waals surface area contributed by atoms with Crippen LogP contribution in [0.5, 0.6) is 0 Å². The van der Waals surface area contributed by atoms with E-state index < -0.39 is 0 Å². The van der Waals surface area contributed by atoms with Crippen LogP contribution in [0.3, 0.4) is 0 Å². The van der Waals surface area contributed by atoms with Gasteiger partial charge in [-0.1, -0.05) is 20.3 Å². The molecule has 0 aliphatic heterocycles. The predicted octanol–water partition coefficient (Wildman–Crippen LogP) is 6.40. The molecule has 7 atom stereocenters. The molecule has 0 spiro atoms. The summed E-state index contributed by atoms with van der Waals surface area (Å²) >= 11 is 0. The Labute approximate surface area is 154 Å². The molecule has 0 N–H and O–H groups in total. The Balaban J connectivity index is 1.47. The van der Waals surface area contributed by atoms with E-state index in [1.54, 1.807) is 0 Å². The van der Waals surface area contributed by atoms with E-state index >= 15 is 0 Å². The smallest absolute Gasteiger partial charge is 0.139 e. The molecule has 0 heterocycles. The molecule has 1 nitrogen and oxygen atoms in total. The van der Waals surface area contributed by atoms with Gasteiger partial charge in [0.15, 0.2) is 0 Å². The van der Waals surface area contributed by atoms with Crippen LogP contribution < -0.4 is 0 Å². The number of hydrogen-bond donors (Lipinski definition) is 0. The van der Waals surface area contributed by atoms with Gasteiger partial charge in [0.1, 0.15) is 5.78 Å². The first kappa shape index (κ1) is 16.8. The molecule has 0 bridgehead atoms. The number of hydrogen-bond acceptors (Lipinski definition) is 1. The minimum Gasteiger partial charge on any atom is -0.299 e. The third-order valence-electron chi connectivity index (χ3n) is 10.1. The standard InChI is InChI=1S/C24H38O/c1-3-23-13-11-19-18(20(23)5-4-6-22(23)25)12-14-24(17-8-9-17)15-16(2)7-10-21(19)24/h16-21H,3-15H2,1-2H3/t16-,18+,19?,20?,21?,23-,24+/m0/s1. The zero-order valence-corrected chi connectivity index (χ0v) is 16.6. The third kappa shape index (κ3) is 2.29. The Morgan fingerprint density at radius 1 is 0.920 bits per heavy atom. The van der Waals surface area contributed by atoms with Gasteiger partial charge in [0.05, 0.1) is 0 Å². The monoisotopic (exact) mass is 342 g/mol. The molecule has 140 valence electrons. The molecule has 0 aromatic rings. The van der Waals surface area contributed by atoms with Crippen LogP contribution in [0.15, 0.2) is 0 Å². The Kier molecular flexibility index (Phi) is 3.92. The second-order valence-electron chi connectivity index (χ2n) is 10.8. The van der Waals surface area contributed by atoms with Crippen molar-refractivity contribution in [3.63, 3.8) is 0 Å². The van der Waals surface area contributed by atoms with E-state index in [9.17, 15) is 4.79 Å². The summed E-state index contributed by atoms with van der Waals surface area (Å²) in [6.45, 7) is 4.84. The topological polar surface area (TPSA) is 17.1 Å². The van der Waals surface area contributed by atoms with Crippen LogP contribution in [-0.4, -0.2) is 5.78 Å². The highest BCUT2D eigenvalue weighted by molar-refractivity contribution is 5.86. The van der Waals surface area contributed by atoms with Crippen molar-refractivity contribution in [1.29, 1.82) is 0 Å². The van der Waals surface area contributed by atoms with Gasteiger partial charge in [-0.05, 0) is 112 Å². The van der Waals surface area contributed by atoms with Crippen LogP contribution in [0.4, 0.5) is 0 Å². The average molecular weight is 343 g/mol. The highest BCUT2D eigenvalue weighted by atomic mass is 16.1. The zero-order valence-electron chi connectivity index (χ0n) is 16.6. The largest absolute Gasteiger partial charge is 0.299 e. The van der Waals surface area contributed by atoms with Crippen LogP contribution >= 0.6 is 0 Å². The third-order valence-corrected chi connectivity index (χ3v) is 10.1. The van der Waals surface area contributed by atoms with Crippen molar-refractivity contribution >= 4 is 5.78 Å². The number of Topliss-reactive ketones (excluding diaryl/α,β-unsaturated/α-hetero) is 1. The number of rotatable bonds is 2. The van der Waals surface area contributed by atoms with E-state index in [2.05, 4.69) is 13.8 Å². The van der Waals surface area contributed by atoms with Crippen molar-refractivity contribution in [2.45, 2.75) is 97.3 Å². The first-order valence-corrected chi connectivity index (χ1v) is 11.6. The van der Waals surface area contributed by atoms with Crippen molar-refractivity contribution in [2.75, 3.05) is 0 Å². The number of carbonyl (C=O) groups is 1. The van der Waals surface area contributed by atoms with Crippen molar-refractivity contribution < 1.29 is 4.79 Å². The first-order chi connectivity index (χ1) is 12.1. The Bertz CT molecular complexity index is 548. The molecule has 1 heteroatoms. The van der Waals surface area contributed by atoms with E-state index in [4.69, 9.17) is 0 Å². The molecular weight excluding hydrogens is 304 g/mol. The van der Waals surface area contributed by atoms with Crippen LogP contribution in [-0.2, 0) is 4.79 Å². The summed E-state index contributed by atoms with van der Waals surface area (Å²) in [6, 6.07) is 0. The molecule has 5 rings (SSSR count). The van der Waals surface area contributed by atoms with E-state index in [-0.39, 0.29) is 5.41 Å².